The molecule has 210 valence electrons. The number of phosphoric ester groups is 1. The minimum Gasteiger partial charge on any atom is -0.478 e. The Labute approximate surface area is 227 Å². The van der Waals surface area contributed by atoms with Crippen molar-refractivity contribution in [2.45, 2.75) is 49.6 Å². The minimum atomic E-state index is -4.71. The van der Waals surface area contributed by atoms with Crippen molar-refractivity contribution < 1.29 is 36.8 Å². The van der Waals surface area contributed by atoms with E-state index in [1.54, 1.807) is 54.6 Å². The molecule has 39 heavy (non-hydrogen) atoms. The summed E-state index contributed by atoms with van der Waals surface area (Å²) in [5.74, 6) is -0.157. The highest BCUT2D eigenvalue weighted by Gasteiger charge is 2.31. The number of carbonyl (C=O) groups is 1. The summed E-state index contributed by atoms with van der Waals surface area (Å²) < 4.78 is 50.2. The van der Waals surface area contributed by atoms with E-state index in [2.05, 4.69) is 19.5 Å². The van der Waals surface area contributed by atoms with Gasteiger partial charge in [0.25, 0.3) is 0 Å². The molecule has 4 N–H and O–H groups in total. The molecular weight excluding hydrogens is 545 g/mol. The molecule has 1 atom stereocenters. The van der Waals surface area contributed by atoms with E-state index in [-0.39, 0.29) is 29.4 Å². The second kappa shape index (κ2) is 12.5. The van der Waals surface area contributed by atoms with Crippen LogP contribution in [-0.2, 0) is 23.9 Å². The summed E-state index contributed by atoms with van der Waals surface area (Å²) in [6.07, 6.45) is 1.86. The van der Waals surface area contributed by atoms with Gasteiger partial charge in [0, 0.05) is 23.4 Å². The molecule has 1 aliphatic rings. The number of aromatic nitrogens is 1. The second-order valence-electron chi connectivity index (χ2n) is 9.37. The van der Waals surface area contributed by atoms with Crippen LogP contribution in [0.25, 0.3) is 10.9 Å². The van der Waals surface area contributed by atoms with Crippen LogP contribution in [0.1, 0.15) is 44.2 Å². The zero-order valence-electron chi connectivity index (χ0n) is 21.4. The number of ether oxygens (including phenoxy) is 1. The lowest BCUT2D eigenvalue weighted by Gasteiger charge is -2.29. The van der Waals surface area contributed by atoms with E-state index >= 15 is 0 Å². The average molecular weight is 578 g/mol. The van der Waals surface area contributed by atoms with Crippen LogP contribution in [-0.4, -0.2) is 48.4 Å². The van der Waals surface area contributed by atoms with Crippen molar-refractivity contribution in [2.75, 3.05) is 13.2 Å². The predicted molar refractivity (Wildman–Crippen MR) is 144 cm³/mol. The fourth-order valence-corrected chi connectivity index (χ4v) is 6.29. The minimum absolute atomic E-state index is 0.136. The first-order chi connectivity index (χ1) is 18.5. The number of carbonyl (C=O) groups excluding carboxylic acids is 1. The van der Waals surface area contributed by atoms with Crippen molar-refractivity contribution in [3.05, 3.63) is 66.2 Å². The van der Waals surface area contributed by atoms with Crippen molar-refractivity contribution in [3.8, 4) is 5.88 Å². The maximum Gasteiger partial charge on any atom is 0.469 e. The van der Waals surface area contributed by atoms with Gasteiger partial charge < -0.3 is 19.8 Å². The van der Waals surface area contributed by atoms with Crippen molar-refractivity contribution in [1.82, 2.24) is 15.0 Å². The lowest BCUT2D eigenvalue weighted by Crippen LogP contribution is -2.42. The zero-order valence-corrected chi connectivity index (χ0v) is 23.1. The summed E-state index contributed by atoms with van der Waals surface area (Å²) in [5, 5.41) is 3.51. The summed E-state index contributed by atoms with van der Waals surface area (Å²) >= 11 is 0. The second-order valence-corrected chi connectivity index (χ2v) is 12.3. The van der Waals surface area contributed by atoms with E-state index in [1.165, 1.54) is 6.07 Å². The van der Waals surface area contributed by atoms with Crippen LogP contribution < -0.4 is 14.8 Å². The van der Waals surface area contributed by atoms with Gasteiger partial charge in [-0.2, -0.15) is 0 Å². The van der Waals surface area contributed by atoms with Crippen LogP contribution in [0.15, 0.2) is 65.6 Å². The zero-order chi connectivity index (χ0) is 28.0. The number of rotatable bonds is 11. The topological polar surface area (TPSA) is 164 Å². The molecule has 1 amide bonds. The highest BCUT2D eigenvalue weighted by molar-refractivity contribution is 7.89. The summed E-state index contributed by atoms with van der Waals surface area (Å²) in [7, 11) is -8.50. The van der Waals surface area contributed by atoms with Gasteiger partial charge in [0.1, 0.15) is 0 Å². The number of nitrogens with one attached hydrogen (secondary N) is 2. The summed E-state index contributed by atoms with van der Waals surface area (Å²) in [6.45, 7) is 1.96. The number of benzene rings is 2. The van der Waals surface area contributed by atoms with Crippen molar-refractivity contribution in [2.24, 2.45) is 5.92 Å². The highest BCUT2D eigenvalue weighted by Crippen LogP contribution is 2.37. The molecule has 11 nitrogen and oxygen atoms in total. The highest BCUT2D eigenvalue weighted by atomic mass is 32.2. The SMILES string of the molecule is CCOc1ccc2cc(S(=O)(=O)NC3CCC(C(=O)NC(COP(=O)(O)O)c4ccccc4)CC3)ccc2n1. The molecule has 1 heterocycles. The largest absolute Gasteiger partial charge is 0.478 e. The van der Waals surface area contributed by atoms with Crippen LogP contribution in [0.5, 0.6) is 5.88 Å². The summed E-state index contributed by atoms with van der Waals surface area (Å²) in [4.78, 5) is 35.7. The average Bonchev–Trinajstić information content (AvgIpc) is 2.91. The predicted octanol–water partition coefficient (Wildman–Crippen LogP) is 3.44. The molecule has 0 saturated heterocycles. The Bertz CT molecular complexity index is 1440. The first kappa shape index (κ1) is 29.1. The molecule has 1 aromatic heterocycles. The summed E-state index contributed by atoms with van der Waals surface area (Å²) in [5.41, 5.74) is 1.28. The van der Waals surface area contributed by atoms with Crippen LogP contribution in [0, 0.1) is 5.92 Å². The number of amides is 1. The van der Waals surface area contributed by atoms with Crippen LogP contribution in [0.2, 0.25) is 0 Å². The lowest BCUT2D eigenvalue weighted by molar-refractivity contribution is -0.127. The van der Waals surface area contributed by atoms with Gasteiger partial charge in [-0.05, 0) is 62.4 Å². The van der Waals surface area contributed by atoms with E-state index in [0.717, 1.165) is 0 Å². The maximum absolute atomic E-state index is 13.1. The monoisotopic (exact) mass is 577 g/mol. The molecule has 1 fully saturated rings. The van der Waals surface area contributed by atoms with Gasteiger partial charge in [-0.3, -0.25) is 9.32 Å². The number of fused-ring (bicyclic) bond motifs is 1. The molecule has 0 bridgehead atoms. The van der Waals surface area contributed by atoms with Crippen LogP contribution in [0.3, 0.4) is 0 Å². The third kappa shape index (κ3) is 8.07. The molecule has 2 aromatic carbocycles. The van der Waals surface area contributed by atoms with E-state index in [4.69, 9.17) is 14.5 Å². The van der Waals surface area contributed by atoms with Crippen molar-refractivity contribution in [3.63, 3.8) is 0 Å². The molecule has 3 aromatic rings. The van der Waals surface area contributed by atoms with Gasteiger partial charge in [0.05, 0.1) is 29.7 Å². The molecule has 13 heteroatoms. The van der Waals surface area contributed by atoms with Crippen LogP contribution >= 0.6 is 7.82 Å². The van der Waals surface area contributed by atoms with Gasteiger partial charge in [0.2, 0.25) is 21.8 Å². The van der Waals surface area contributed by atoms with E-state index in [9.17, 15) is 17.8 Å². The molecule has 1 aliphatic carbocycles. The van der Waals surface area contributed by atoms with Gasteiger partial charge in [0.15, 0.2) is 0 Å². The van der Waals surface area contributed by atoms with Crippen molar-refractivity contribution in [1.29, 1.82) is 0 Å². The molecule has 1 saturated carbocycles. The number of hydrogen-bond acceptors (Lipinski definition) is 7. The lowest BCUT2D eigenvalue weighted by atomic mass is 9.85. The molecule has 1 unspecified atom stereocenters. The smallest absolute Gasteiger partial charge is 0.469 e. The number of pyridine rings is 1. The number of phosphoric acid groups is 1. The Kier molecular flexibility index (Phi) is 9.37. The first-order valence-corrected chi connectivity index (χ1v) is 15.7. The Morgan fingerprint density at radius 1 is 1.08 bits per heavy atom. The maximum atomic E-state index is 13.1. The van der Waals surface area contributed by atoms with Crippen LogP contribution in [0.4, 0.5) is 0 Å². The van der Waals surface area contributed by atoms with Gasteiger partial charge in [-0.1, -0.05) is 30.3 Å². The van der Waals surface area contributed by atoms with E-state index in [1.807, 2.05) is 6.92 Å². The number of hydrogen-bond donors (Lipinski definition) is 4. The molecule has 0 aliphatic heterocycles. The molecular formula is C26H32N3O8PS. The number of nitrogens with zero attached hydrogens (tertiary/aromatic N) is 1. The van der Waals surface area contributed by atoms with Gasteiger partial charge in [-0.25, -0.2) is 22.7 Å². The normalized spacial score (nSPS) is 18.9. The molecule has 0 radical (unpaired) electrons. The van der Waals surface area contributed by atoms with Gasteiger partial charge >= 0.3 is 7.82 Å². The quantitative estimate of drug-likeness (QED) is 0.250. The van der Waals surface area contributed by atoms with Crippen molar-refractivity contribution >= 4 is 34.7 Å². The third-order valence-electron chi connectivity index (χ3n) is 6.59. The molecule has 0 spiro atoms. The third-order valence-corrected chi connectivity index (χ3v) is 8.59. The fourth-order valence-electron chi connectivity index (χ4n) is 4.61. The molecule has 4 rings (SSSR count). The Morgan fingerprint density at radius 3 is 2.46 bits per heavy atom. The summed E-state index contributed by atoms with van der Waals surface area (Å²) in [6, 6.07) is 15.9. The van der Waals surface area contributed by atoms with Gasteiger partial charge in [-0.15, -0.1) is 0 Å². The fraction of sp³-hybridized carbons (Fsp3) is 0.385. The Balaban J connectivity index is 1.35. The first-order valence-electron chi connectivity index (χ1n) is 12.7. The Hall–Kier alpha value is -2.86. The Morgan fingerprint density at radius 2 is 1.79 bits per heavy atom. The van der Waals surface area contributed by atoms with E-state index < -0.39 is 23.9 Å². The standard InChI is InChI=1S/C26H32N3O8PS/c1-2-36-25-15-10-20-16-22(13-14-23(20)27-25)39(34,35)29-21-11-8-19(9-12-21)26(30)28-24(17-37-38(31,32)33)18-6-4-3-5-7-18/h3-7,10,13-16,19,21,24,29H,2,8-9,11-12,17H2,1H3,(H,28,30)(H2,31,32,33). The van der Waals surface area contributed by atoms with E-state index in [0.29, 0.717) is 54.6 Å². The number of sulfonamides is 1.